The lowest BCUT2D eigenvalue weighted by molar-refractivity contribution is -0.138. The summed E-state index contributed by atoms with van der Waals surface area (Å²) in [6, 6.07) is 11.6. The zero-order valence-corrected chi connectivity index (χ0v) is 10.4. The van der Waals surface area contributed by atoms with Gasteiger partial charge in [-0.25, -0.2) is 0 Å². The standard InChI is InChI=1S/C15H14N2O2/c18-15(19)13-10-17(9-11-4-3-7-16-8-11)14-6-2-1-5-12(13)14/h1-8,13H,9-10H2,(H,18,19). The smallest absolute Gasteiger partial charge is 0.312 e. The Bertz CT molecular complexity index is 598. The van der Waals surface area contributed by atoms with Gasteiger partial charge in [0.25, 0.3) is 0 Å². The van der Waals surface area contributed by atoms with Crippen molar-refractivity contribution in [3.8, 4) is 0 Å². The van der Waals surface area contributed by atoms with E-state index in [2.05, 4.69) is 9.88 Å². The van der Waals surface area contributed by atoms with Gasteiger partial charge in [0.1, 0.15) is 5.92 Å². The van der Waals surface area contributed by atoms with Gasteiger partial charge < -0.3 is 10.0 Å². The van der Waals surface area contributed by atoms with Gasteiger partial charge >= 0.3 is 5.97 Å². The van der Waals surface area contributed by atoms with Crippen LogP contribution in [0, 0.1) is 0 Å². The van der Waals surface area contributed by atoms with Crippen LogP contribution in [-0.4, -0.2) is 22.6 Å². The minimum absolute atomic E-state index is 0.437. The molecule has 19 heavy (non-hydrogen) atoms. The molecule has 1 aromatic heterocycles. The number of carboxylic acids is 1. The second kappa shape index (κ2) is 4.72. The molecule has 0 saturated heterocycles. The van der Waals surface area contributed by atoms with Crippen molar-refractivity contribution in [1.29, 1.82) is 0 Å². The van der Waals surface area contributed by atoms with E-state index in [1.165, 1.54) is 0 Å². The molecule has 1 aliphatic heterocycles. The van der Waals surface area contributed by atoms with Crippen LogP contribution in [0.2, 0.25) is 0 Å². The fourth-order valence-electron chi connectivity index (χ4n) is 2.56. The molecule has 0 radical (unpaired) electrons. The lowest BCUT2D eigenvalue weighted by Gasteiger charge is -2.19. The minimum Gasteiger partial charge on any atom is -0.481 e. The Kier molecular flexibility index (Phi) is 2.91. The summed E-state index contributed by atoms with van der Waals surface area (Å²) < 4.78 is 0. The lowest BCUT2D eigenvalue weighted by Crippen LogP contribution is -2.24. The van der Waals surface area contributed by atoms with Gasteiger partial charge in [0, 0.05) is 31.2 Å². The predicted octanol–water partition coefficient (Wildman–Crippen LogP) is 2.27. The maximum atomic E-state index is 11.3. The fourth-order valence-corrected chi connectivity index (χ4v) is 2.56. The van der Waals surface area contributed by atoms with Gasteiger partial charge in [-0.1, -0.05) is 24.3 Å². The van der Waals surface area contributed by atoms with Crippen molar-refractivity contribution in [1.82, 2.24) is 4.98 Å². The zero-order valence-electron chi connectivity index (χ0n) is 10.4. The average molecular weight is 254 g/mol. The van der Waals surface area contributed by atoms with Crippen LogP contribution in [0.5, 0.6) is 0 Å². The van der Waals surface area contributed by atoms with Crippen LogP contribution in [-0.2, 0) is 11.3 Å². The van der Waals surface area contributed by atoms with Crippen LogP contribution in [0.25, 0.3) is 0 Å². The normalized spacial score (nSPS) is 17.3. The quantitative estimate of drug-likeness (QED) is 0.913. The molecule has 1 unspecified atom stereocenters. The molecule has 2 heterocycles. The molecule has 96 valence electrons. The second-order valence-corrected chi connectivity index (χ2v) is 4.69. The number of rotatable bonds is 3. The van der Waals surface area contributed by atoms with Crippen molar-refractivity contribution in [3.05, 3.63) is 59.9 Å². The Morgan fingerprint density at radius 1 is 1.32 bits per heavy atom. The van der Waals surface area contributed by atoms with Gasteiger partial charge in [-0.2, -0.15) is 0 Å². The van der Waals surface area contributed by atoms with Crippen LogP contribution >= 0.6 is 0 Å². The van der Waals surface area contributed by atoms with Gasteiger partial charge in [0.05, 0.1) is 0 Å². The fraction of sp³-hybridized carbons (Fsp3) is 0.200. The number of fused-ring (bicyclic) bond motifs is 1. The first-order valence-corrected chi connectivity index (χ1v) is 6.21. The van der Waals surface area contributed by atoms with Crippen molar-refractivity contribution in [3.63, 3.8) is 0 Å². The van der Waals surface area contributed by atoms with Crippen LogP contribution in [0.4, 0.5) is 5.69 Å². The number of anilines is 1. The summed E-state index contributed by atoms with van der Waals surface area (Å²) in [5.74, 6) is -1.20. The molecule has 0 bridgehead atoms. The topological polar surface area (TPSA) is 53.4 Å². The molecule has 0 fully saturated rings. The van der Waals surface area contributed by atoms with E-state index in [-0.39, 0.29) is 0 Å². The third-order valence-electron chi connectivity index (χ3n) is 3.45. The molecule has 1 N–H and O–H groups in total. The van der Waals surface area contributed by atoms with Crippen molar-refractivity contribution < 1.29 is 9.90 Å². The second-order valence-electron chi connectivity index (χ2n) is 4.69. The Hall–Kier alpha value is -2.36. The van der Waals surface area contributed by atoms with Crippen molar-refractivity contribution >= 4 is 11.7 Å². The highest BCUT2D eigenvalue weighted by Crippen LogP contribution is 2.36. The minimum atomic E-state index is -0.763. The molecule has 4 heteroatoms. The Labute approximate surface area is 111 Å². The first kappa shape index (κ1) is 11.7. The maximum absolute atomic E-state index is 11.3. The van der Waals surface area contributed by atoms with Gasteiger partial charge in [0.2, 0.25) is 0 Å². The summed E-state index contributed by atoms with van der Waals surface area (Å²) in [5.41, 5.74) is 3.00. The molecule has 1 aromatic carbocycles. The van der Waals surface area contributed by atoms with Gasteiger partial charge in [0.15, 0.2) is 0 Å². The average Bonchev–Trinajstić information content (AvgIpc) is 2.79. The molecule has 1 aliphatic rings. The van der Waals surface area contributed by atoms with E-state index in [0.29, 0.717) is 13.1 Å². The van der Waals surface area contributed by atoms with Crippen molar-refractivity contribution in [2.24, 2.45) is 0 Å². The SMILES string of the molecule is O=C(O)C1CN(Cc2cccnc2)c2ccccc21. The number of carboxylic acid groups (broad SMARTS) is 1. The zero-order chi connectivity index (χ0) is 13.2. The Balaban J connectivity index is 1.91. The van der Waals surface area contributed by atoms with Crippen LogP contribution in [0.15, 0.2) is 48.8 Å². The van der Waals surface area contributed by atoms with E-state index in [9.17, 15) is 9.90 Å². The highest BCUT2D eigenvalue weighted by atomic mass is 16.4. The number of aromatic nitrogens is 1. The number of hydrogen-bond donors (Lipinski definition) is 1. The van der Waals surface area contributed by atoms with E-state index in [1.54, 1.807) is 6.20 Å². The molecule has 0 spiro atoms. The molecule has 1 atom stereocenters. The molecule has 0 aliphatic carbocycles. The number of benzene rings is 1. The molecule has 3 rings (SSSR count). The van der Waals surface area contributed by atoms with Crippen LogP contribution in [0.3, 0.4) is 0 Å². The van der Waals surface area contributed by atoms with Crippen LogP contribution in [0.1, 0.15) is 17.0 Å². The first-order valence-electron chi connectivity index (χ1n) is 6.21. The third kappa shape index (κ3) is 2.17. The summed E-state index contributed by atoms with van der Waals surface area (Å²) in [5, 5.41) is 9.30. The number of nitrogens with zero attached hydrogens (tertiary/aromatic N) is 2. The lowest BCUT2D eigenvalue weighted by atomic mass is 10.0. The van der Waals surface area contributed by atoms with E-state index in [0.717, 1.165) is 16.8 Å². The Morgan fingerprint density at radius 3 is 2.89 bits per heavy atom. The molecule has 0 amide bonds. The summed E-state index contributed by atoms with van der Waals surface area (Å²) >= 11 is 0. The molecule has 0 saturated carbocycles. The highest BCUT2D eigenvalue weighted by molar-refractivity contribution is 5.82. The van der Waals surface area contributed by atoms with Gasteiger partial charge in [-0.05, 0) is 23.3 Å². The van der Waals surface area contributed by atoms with Gasteiger partial charge in [-0.15, -0.1) is 0 Å². The maximum Gasteiger partial charge on any atom is 0.312 e. The van der Waals surface area contributed by atoms with Crippen molar-refractivity contribution in [2.45, 2.75) is 12.5 Å². The largest absolute Gasteiger partial charge is 0.481 e. The van der Waals surface area contributed by atoms with Crippen LogP contribution < -0.4 is 4.90 Å². The predicted molar refractivity (Wildman–Crippen MR) is 72.1 cm³/mol. The number of carbonyl (C=O) groups is 1. The van der Waals surface area contributed by atoms with E-state index >= 15 is 0 Å². The first-order chi connectivity index (χ1) is 9.25. The number of para-hydroxylation sites is 1. The third-order valence-corrected chi connectivity index (χ3v) is 3.45. The number of pyridine rings is 1. The monoisotopic (exact) mass is 254 g/mol. The number of aliphatic carboxylic acids is 1. The van der Waals surface area contributed by atoms with E-state index in [1.807, 2.05) is 42.6 Å². The number of hydrogen-bond acceptors (Lipinski definition) is 3. The Morgan fingerprint density at radius 2 is 2.16 bits per heavy atom. The summed E-state index contributed by atoms with van der Waals surface area (Å²) in [4.78, 5) is 17.5. The molecular formula is C15H14N2O2. The molecule has 2 aromatic rings. The summed E-state index contributed by atoms with van der Waals surface area (Å²) in [7, 11) is 0. The van der Waals surface area contributed by atoms with Crippen molar-refractivity contribution in [2.75, 3.05) is 11.4 Å². The molecular weight excluding hydrogens is 240 g/mol. The highest BCUT2D eigenvalue weighted by Gasteiger charge is 2.32. The molecule has 4 nitrogen and oxygen atoms in total. The van der Waals surface area contributed by atoms with Gasteiger partial charge in [-0.3, -0.25) is 9.78 Å². The van der Waals surface area contributed by atoms with E-state index < -0.39 is 11.9 Å². The summed E-state index contributed by atoms with van der Waals surface area (Å²) in [6.07, 6.45) is 3.55. The summed E-state index contributed by atoms with van der Waals surface area (Å²) in [6.45, 7) is 1.21. The van der Waals surface area contributed by atoms with E-state index in [4.69, 9.17) is 0 Å².